The van der Waals surface area contributed by atoms with Crippen molar-refractivity contribution >= 4 is 17.6 Å². The Morgan fingerprint density at radius 1 is 1.00 bits per heavy atom. The highest BCUT2D eigenvalue weighted by Crippen LogP contribution is 2.13. The molecule has 0 fully saturated rings. The van der Waals surface area contributed by atoms with Gasteiger partial charge in [-0.2, -0.15) is 0 Å². The van der Waals surface area contributed by atoms with Crippen LogP contribution in [0.1, 0.15) is 22.8 Å². The Labute approximate surface area is 147 Å². The molecule has 0 saturated carbocycles. The fraction of sp³-hybridized carbons (Fsp3) is 0.263. The Morgan fingerprint density at radius 3 is 2.20 bits per heavy atom. The molecule has 0 aliphatic rings. The van der Waals surface area contributed by atoms with E-state index in [1.165, 1.54) is 7.11 Å². The monoisotopic (exact) mass is 342 g/mol. The van der Waals surface area contributed by atoms with Gasteiger partial charge in [-0.25, -0.2) is 4.79 Å². The molecule has 0 unspecified atom stereocenters. The first-order valence-electron chi connectivity index (χ1n) is 7.89. The number of anilines is 1. The number of amides is 1. The quantitative estimate of drug-likeness (QED) is 0.757. The summed E-state index contributed by atoms with van der Waals surface area (Å²) >= 11 is 0. The van der Waals surface area contributed by atoms with E-state index >= 15 is 0 Å². The van der Waals surface area contributed by atoms with Gasteiger partial charge in [0.05, 0.1) is 19.8 Å². The summed E-state index contributed by atoms with van der Waals surface area (Å²) in [6, 6.07) is 13.9. The first-order chi connectivity index (χ1) is 12.0. The standard InChI is InChI=1S/C19H22N2O4/c1-13(21-16-8-6-15(7-9-16)19(23)25-3)18(22)20-12-14-4-10-17(24-2)11-5-14/h4-11,13,21H,12H2,1-3H3,(H,20,22)/t13-/m0/s1. The number of carbonyl (C=O) groups is 2. The minimum Gasteiger partial charge on any atom is -0.497 e. The van der Waals surface area contributed by atoms with Crippen LogP contribution in [0.5, 0.6) is 5.75 Å². The van der Waals surface area contributed by atoms with E-state index in [1.54, 1.807) is 38.3 Å². The van der Waals surface area contributed by atoms with E-state index in [9.17, 15) is 9.59 Å². The summed E-state index contributed by atoms with van der Waals surface area (Å²) in [7, 11) is 2.95. The van der Waals surface area contributed by atoms with Crippen molar-refractivity contribution < 1.29 is 19.1 Å². The second-order valence-corrected chi connectivity index (χ2v) is 5.50. The summed E-state index contributed by atoms with van der Waals surface area (Å²) in [5.41, 5.74) is 2.20. The molecular formula is C19H22N2O4. The number of ether oxygens (including phenoxy) is 2. The van der Waals surface area contributed by atoms with Gasteiger partial charge in [-0.1, -0.05) is 12.1 Å². The summed E-state index contributed by atoms with van der Waals surface area (Å²) in [6.07, 6.45) is 0. The maximum absolute atomic E-state index is 12.2. The molecule has 2 rings (SSSR count). The zero-order chi connectivity index (χ0) is 18.2. The van der Waals surface area contributed by atoms with Crippen LogP contribution in [0, 0.1) is 0 Å². The molecule has 132 valence electrons. The van der Waals surface area contributed by atoms with Crippen LogP contribution in [0.3, 0.4) is 0 Å². The van der Waals surface area contributed by atoms with Gasteiger partial charge in [0.15, 0.2) is 0 Å². The van der Waals surface area contributed by atoms with E-state index in [0.717, 1.165) is 17.0 Å². The van der Waals surface area contributed by atoms with Crippen molar-refractivity contribution in [3.8, 4) is 5.75 Å². The van der Waals surface area contributed by atoms with Crippen LogP contribution in [0.25, 0.3) is 0 Å². The summed E-state index contributed by atoms with van der Waals surface area (Å²) in [5, 5.41) is 5.97. The van der Waals surface area contributed by atoms with Crippen molar-refractivity contribution in [3.63, 3.8) is 0 Å². The largest absolute Gasteiger partial charge is 0.497 e. The fourth-order valence-electron chi connectivity index (χ4n) is 2.22. The van der Waals surface area contributed by atoms with Gasteiger partial charge in [0.2, 0.25) is 5.91 Å². The molecule has 0 aliphatic carbocycles. The average molecular weight is 342 g/mol. The topological polar surface area (TPSA) is 76.7 Å². The molecule has 0 heterocycles. The number of rotatable bonds is 7. The normalized spacial score (nSPS) is 11.3. The molecule has 2 N–H and O–H groups in total. The number of benzene rings is 2. The van der Waals surface area contributed by atoms with Crippen molar-refractivity contribution in [1.29, 1.82) is 0 Å². The Hall–Kier alpha value is -3.02. The van der Waals surface area contributed by atoms with Gasteiger partial charge in [0, 0.05) is 12.2 Å². The van der Waals surface area contributed by atoms with Crippen molar-refractivity contribution in [1.82, 2.24) is 5.32 Å². The van der Waals surface area contributed by atoms with Crippen LogP contribution >= 0.6 is 0 Å². The van der Waals surface area contributed by atoms with E-state index < -0.39 is 12.0 Å². The van der Waals surface area contributed by atoms with Crippen LogP contribution in [-0.4, -0.2) is 32.1 Å². The van der Waals surface area contributed by atoms with E-state index in [1.807, 2.05) is 24.3 Å². The molecule has 0 radical (unpaired) electrons. The summed E-state index contributed by atoms with van der Waals surface area (Å²) in [5.74, 6) is 0.269. The number of hydrogen-bond acceptors (Lipinski definition) is 5. The van der Waals surface area contributed by atoms with Gasteiger partial charge in [-0.05, 0) is 48.9 Å². The molecule has 6 nitrogen and oxygen atoms in total. The lowest BCUT2D eigenvalue weighted by Crippen LogP contribution is -2.37. The van der Waals surface area contributed by atoms with Gasteiger partial charge in [0.25, 0.3) is 0 Å². The van der Waals surface area contributed by atoms with Gasteiger partial charge >= 0.3 is 5.97 Å². The molecule has 1 atom stereocenters. The van der Waals surface area contributed by atoms with Crippen LogP contribution < -0.4 is 15.4 Å². The summed E-state index contributed by atoms with van der Waals surface area (Å²) in [4.78, 5) is 23.6. The zero-order valence-electron chi connectivity index (χ0n) is 14.5. The number of nitrogens with one attached hydrogen (secondary N) is 2. The highest BCUT2D eigenvalue weighted by Gasteiger charge is 2.13. The Kier molecular flexibility index (Phi) is 6.39. The minimum absolute atomic E-state index is 0.118. The Bertz CT molecular complexity index is 711. The lowest BCUT2D eigenvalue weighted by Gasteiger charge is -2.15. The number of methoxy groups -OCH3 is 2. The van der Waals surface area contributed by atoms with Gasteiger partial charge in [0.1, 0.15) is 11.8 Å². The summed E-state index contributed by atoms with van der Waals surface area (Å²) in [6.45, 7) is 2.22. The third kappa shape index (κ3) is 5.24. The van der Waals surface area contributed by atoms with Crippen molar-refractivity contribution in [3.05, 3.63) is 59.7 Å². The van der Waals surface area contributed by atoms with E-state index in [-0.39, 0.29) is 5.91 Å². The van der Waals surface area contributed by atoms with E-state index in [4.69, 9.17) is 4.74 Å². The van der Waals surface area contributed by atoms with E-state index in [2.05, 4.69) is 15.4 Å². The highest BCUT2D eigenvalue weighted by atomic mass is 16.5. The third-order valence-corrected chi connectivity index (χ3v) is 3.71. The second kappa shape index (κ2) is 8.73. The lowest BCUT2D eigenvalue weighted by molar-refractivity contribution is -0.121. The predicted octanol–water partition coefficient (Wildman–Crippen LogP) is 2.60. The molecule has 2 aromatic rings. The molecule has 6 heteroatoms. The molecular weight excluding hydrogens is 320 g/mol. The number of hydrogen-bond donors (Lipinski definition) is 2. The Morgan fingerprint density at radius 2 is 1.64 bits per heavy atom. The first kappa shape index (κ1) is 18.3. The molecule has 1 amide bonds. The Balaban J connectivity index is 1.85. The summed E-state index contributed by atoms with van der Waals surface area (Å²) < 4.78 is 9.76. The highest BCUT2D eigenvalue weighted by molar-refractivity contribution is 5.90. The zero-order valence-corrected chi connectivity index (χ0v) is 14.5. The second-order valence-electron chi connectivity index (χ2n) is 5.50. The van der Waals surface area contributed by atoms with E-state index in [0.29, 0.717) is 12.1 Å². The van der Waals surface area contributed by atoms with Crippen molar-refractivity contribution in [2.45, 2.75) is 19.5 Å². The van der Waals surface area contributed by atoms with Gasteiger partial charge in [-0.15, -0.1) is 0 Å². The molecule has 0 saturated heterocycles. The maximum Gasteiger partial charge on any atom is 0.337 e. The lowest BCUT2D eigenvalue weighted by atomic mass is 10.2. The smallest absolute Gasteiger partial charge is 0.337 e. The molecule has 2 aromatic carbocycles. The van der Waals surface area contributed by atoms with Gasteiger partial charge in [-0.3, -0.25) is 4.79 Å². The number of esters is 1. The predicted molar refractivity (Wildman–Crippen MR) is 95.7 cm³/mol. The average Bonchev–Trinajstić information content (AvgIpc) is 2.66. The number of carbonyl (C=O) groups excluding carboxylic acids is 2. The maximum atomic E-state index is 12.2. The van der Waals surface area contributed by atoms with Crippen molar-refractivity contribution in [2.75, 3.05) is 19.5 Å². The molecule has 0 aliphatic heterocycles. The van der Waals surface area contributed by atoms with Crippen LogP contribution in [0.15, 0.2) is 48.5 Å². The first-order valence-corrected chi connectivity index (χ1v) is 7.89. The molecule has 0 aromatic heterocycles. The van der Waals surface area contributed by atoms with Crippen LogP contribution in [-0.2, 0) is 16.1 Å². The molecule has 0 spiro atoms. The van der Waals surface area contributed by atoms with Crippen LogP contribution in [0.2, 0.25) is 0 Å². The molecule has 0 bridgehead atoms. The van der Waals surface area contributed by atoms with Crippen LogP contribution in [0.4, 0.5) is 5.69 Å². The fourth-order valence-corrected chi connectivity index (χ4v) is 2.22. The van der Waals surface area contributed by atoms with Crippen molar-refractivity contribution in [2.24, 2.45) is 0 Å². The molecule has 25 heavy (non-hydrogen) atoms. The SMILES string of the molecule is COC(=O)c1ccc(N[C@@H](C)C(=O)NCc2ccc(OC)cc2)cc1. The minimum atomic E-state index is -0.415. The van der Waals surface area contributed by atoms with Gasteiger partial charge < -0.3 is 20.1 Å². The third-order valence-electron chi connectivity index (χ3n) is 3.71.